The van der Waals surface area contributed by atoms with Gasteiger partial charge in [0, 0.05) is 23.5 Å². The zero-order valence-electron chi connectivity index (χ0n) is 10.3. The van der Waals surface area contributed by atoms with Crippen molar-refractivity contribution in [3.8, 4) is 0 Å². The van der Waals surface area contributed by atoms with Gasteiger partial charge in [-0.3, -0.25) is 9.63 Å². The summed E-state index contributed by atoms with van der Waals surface area (Å²) < 4.78 is 0. The highest BCUT2D eigenvalue weighted by Gasteiger charge is 2.14. The molecular weight excluding hydrogens is 246 g/mol. The molecule has 6 nitrogen and oxygen atoms in total. The molecule has 0 aliphatic heterocycles. The van der Waals surface area contributed by atoms with Crippen molar-refractivity contribution in [3.63, 3.8) is 0 Å². The summed E-state index contributed by atoms with van der Waals surface area (Å²) in [4.78, 5) is 29.7. The number of H-pyrrole nitrogens is 1. The van der Waals surface area contributed by atoms with Gasteiger partial charge in [-0.15, -0.1) is 0 Å². The highest BCUT2D eigenvalue weighted by atomic mass is 16.6. The summed E-state index contributed by atoms with van der Waals surface area (Å²) >= 11 is 0. The fourth-order valence-electron chi connectivity index (χ4n) is 1.99. The number of aromatic nitrogens is 1. The van der Waals surface area contributed by atoms with E-state index in [0.29, 0.717) is 12.7 Å². The van der Waals surface area contributed by atoms with Gasteiger partial charge in [0.25, 0.3) is 0 Å². The molecule has 0 saturated carbocycles. The number of amides is 1. The van der Waals surface area contributed by atoms with Gasteiger partial charge in [0.05, 0.1) is 6.04 Å². The molecule has 1 aromatic heterocycles. The number of carbonyl (C=O) groups is 2. The fraction of sp³-hybridized carbons (Fsp3) is 0.231. The van der Waals surface area contributed by atoms with Gasteiger partial charge in [-0.1, -0.05) is 18.2 Å². The van der Waals surface area contributed by atoms with Crippen molar-refractivity contribution in [1.29, 1.82) is 0 Å². The van der Waals surface area contributed by atoms with Crippen molar-refractivity contribution in [2.24, 2.45) is 5.90 Å². The summed E-state index contributed by atoms with van der Waals surface area (Å²) in [6, 6.07) is 7.18. The number of benzene rings is 1. The molecule has 1 atom stereocenters. The Morgan fingerprint density at radius 2 is 2.26 bits per heavy atom. The van der Waals surface area contributed by atoms with Crippen LogP contribution in [0.25, 0.3) is 10.9 Å². The summed E-state index contributed by atoms with van der Waals surface area (Å²) in [5, 5.41) is 3.59. The van der Waals surface area contributed by atoms with E-state index in [1.165, 1.54) is 0 Å². The molecule has 1 heterocycles. The van der Waals surface area contributed by atoms with E-state index in [-0.39, 0.29) is 6.61 Å². The third-order valence-electron chi connectivity index (χ3n) is 2.84. The normalized spacial score (nSPS) is 12.3. The number of hydrogen-bond acceptors (Lipinski definition) is 4. The van der Waals surface area contributed by atoms with Crippen molar-refractivity contribution in [3.05, 3.63) is 36.0 Å². The first kappa shape index (κ1) is 13.3. The van der Waals surface area contributed by atoms with Gasteiger partial charge in [-0.05, 0) is 11.6 Å². The number of hydrogen-bond donors (Lipinski definition) is 3. The molecule has 6 heteroatoms. The predicted molar refractivity (Wildman–Crippen MR) is 70.1 cm³/mol. The van der Waals surface area contributed by atoms with Crippen LogP contribution >= 0.6 is 0 Å². The molecule has 4 N–H and O–H groups in total. The lowest BCUT2D eigenvalue weighted by molar-refractivity contribution is -0.128. The van der Waals surface area contributed by atoms with E-state index in [0.717, 1.165) is 16.5 Å². The maximum atomic E-state index is 11.3. The van der Waals surface area contributed by atoms with Gasteiger partial charge in [-0.2, -0.15) is 0 Å². The van der Waals surface area contributed by atoms with Crippen LogP contribution in [-0.2, 0) is 20.8 Å². The Morgan fingerprint density at radius 3 is 3.00 bits per heavy atom. The molecule has 0 unspecified atom stereocenters. The number of carbonyl (C=O) groups excluding carboxylic acids is 2. The number of para-hydroxylation sites is 1. The molecule has 2 rings (SSSR count). The van der Waals surface area contributed by atoms with E-state index in [4.69, 9.17) is 5.90 Å². The highest BCUT2D eigenvalue weighted by molar-refractivity contribution is 5.84. The quantitative estimate of drug-likeness (QED) is 0.514. The Hall–Kier alpha value is -2.18. The summed E-state index contributed by atoms with van der Waals surface area (Å²) in [6.45, 7) is -0.266. The van der Waals surface area contributed by atoms with Gasteiger partial charge in [0.1, 0.15) is 12.9 Å². The average molecular weight is 261 g/mol. The Bertz CT molecular complexity index is 579. The molecule has 0 bridgehead atoms. The average Bonchev–Trinajstić information content (AvgIpc) is 2.82. The lowest BCUT2D eigenvalue weighted by Gasteiger charge is -2.11. The molecule has 0 spiro atoms. The molecule has 0 fully saturated rings. The van der Waals surface area contributed by atoms with Crippen molar-refractivity contribution in [2.75, 3.05) is 6.61 Å². The molecule has 0 aliphatic carbocycles. The summed E-state index contributed by atoms with van der Waals surface area (Å²) in [5.41, 5.74) is 1.97. The van der Waals surface area contributed by atoms with E-state index in [1.54, 1.807) is 0 Å². The number of aromatic amines is 1. The molecule has 0 aliphatic rings. The van der Waals surface area contributed by atoms with Crippen LogP contribution in [-0.4, -0.2) is 29.8 Å². The van der Waals surface area contributed by atoms with Crippen LogP contribution in [0, 0.1) is 0 Å². The summed E-state index contributed by atoms with van der Waals surface area (Å²) in [7, 11) is 0. The van der Waals surface area contributed by atoms with Gasteiger partial charge < -0.3 is 15.1 Å². The molecule has 2 aromatic rings. The van der Waals surface area contributed by atoms with Crippen LogP contribution in [0.3, 0.4) is 0 Å². The van der Waals surface area contributed by atoms with Crippen molar-refractivity contribution < 1.29 is 14.4 Å². The second-order valence-corrected chi connectivity index (χ2v) is 4.18. The van der Waals surface area contributed by atoms with E-state index in [9.17, 15) is 9.59 Å². The molecule has 19 heavy (non-hydrogen) atoms. The molecule has 1 aromatic carbocycles. The maximum absolute atomic E-state index is 11.3. The Labute approximate surface area is 109 Å². The minimum absolute atomic E-state index is 0.266. The monoisotopic (exact) mass is 261 g/mol. The largest absolute Gasteiger partial charge is 0.361 e. The molecule has 0 radical (unpaired) electrons. The Kier molecular flexibility index (Phi) is 4.27. The number of aldehydes is 1. The van der Waals surface area contributed by atoms with Crippen LogP contribution in [0.4, 0.5) is 0 Å². The standard InChI is InChI=1S/C13H15N3O3/c14-19-8-13(18)16-10(7-17)5-9-6-15-12-4-2-1-3-11(9)12/h1-4,6-7,10,15H,5,8,14H2,(H,16,18)/t10-/m0/s1. The van der Waals surface area contributed by atoms with E-state index in [2.05, 4.69) is 15.1 Å². The van der Waals surface area contributed by atoms with Gasteiger partial charge in [0.15, 0.2) is 0 Å². The second-order valence-electron chi connectivity index (χ2n) is 4.18. The second kappa shape index (κ2) is 6.12. The number of nitrogens with one attached hydrogen (secondary N) is 2. The fourth-order valence-corrected chi connectivity index (χ4v) is 1.99. The van der Waals surface area contributed by atoms with Crippen LogP contribution < -0.4 is 11.2 Å². The van der Waals surface area contributed by atoms with Crippen molar-refractivity contribution >= 4 is 23.1 Å². The molecule has 100 valence electrons. The van der Waals surface area contributed by atoms with E-state index < -0.39 is 11.9 Å². The Balaban J connectivity index is 2.10. The third-order valence-corrected chi connectivity index (χ3v) is 2.84. The molecule has 1 amide bonds. The van der Waals surface area contributed by atoms with E-state index in [1.807, 2.05) is 30.5 Å². The van der Waals surface area contributed by atoms with Crippen LogP contribution in [0.1, 0.15) is 5.56 Å². The minimum Gasteiger partial charge on any atom is -0.361 e. The van der Waals surface area contributed by atoms with Crippen LogP contribution in [0.15, 0.2) is 30.5 Å². The zero-order valence-corrected chi connectivity index (χ0v) is 10.3. The SMILES string of the molecule is NOCC(=O)N[C@H](C=O)Cc1c[nH]c2ccccc12. The smallest absolute Gasteiger partial charge is 0.248 e. The number of rotatable bonds is 6. The first-order valence-electron chi connectivity index (χ1n) is 5.86. The summed E-state index contributed by atoms with van der Waals surface area (Å²) in [5.74, 6) is 4.39. The third kappa shape index (κ3) is 3.18. The van der Waals surface area contributed by atoms with Crippen molar-refractivity contribution in [2.45, 2.75) is 12.5 Å². The lowest BCUT2D eigenvalue weighted by Crippen LogP contribution is -2.40. The van der Waals surface area contributed by atoms with Crippen LogP contribution in [0.2, 0.25) is 0 Å². The lowest BCUT2D eigenvalue weighted by atomic mass is 10.1. The molecular formula is C13H15N3O3. The van der Waals surface area contributed by atoms with Crippen LogP contribution in [0.5, 0.6) is 0 Å². The first-order valence-corrected chi connectivity index (χ1v) is 5.86. The van der Waals surface area contributed by atoms with Gasteiger partial charge in [0.2, 0.25) is 5.91 Å². The van der Waals surface area contributed by atoms with Gasteiger partial charge >= 0.3 is 0 Å². The topological polar surface area (TPSA) is 97.2 Å². The molecule has 0 saturated heterocycles. The Morgan fingerprint density at radius 1 is 1.47 bits per heavy atom. The van der Waals surface area contributed by atoms with E-state index >= 15 is 0 Å². The maximum Gasteiger partial charge on any atom is 0.248 e. The first-order chi connectivity index (χ1) is 9.24. The van der Waals surface area contributed by atoms with Crippen molar-refractivity contribution in [1.82, 2.24) is 10.3 Å². The van der Waals surface area contributed by atoms with Gasteiger partial charge in [-0.25, -0.2) is 5.90 Å². The zero-order chi connectivity index (χ0) is 13.7. The minimum atomic E-state index is -0.596. The predicted octanol–water partition coefficient (Wildman–Crippen LogP) is 0.284. The summed E-state index contributed by atoms with van der Waals surface area (Å²) in [6.07, 6.45) is 2.97. The highest BCUT2D eigenvalue weighted by Crippen LogP contribution is 2.18. The number of fused-ring (bicyclic) bond motifs is 1. The number of nitrogens with two attached hydrogens (primary N) is 1.